The number of benzene rings is 4. The van der Waals surface area contributed by atoms with Gasteiger partial charge in [-0.2, -0.15) is 13.2 Å². The fourth-order valence-electron chi connectivity index (χ4n) is 5.84. The number of nitrogens with one attached hydrogen (secondary N) is 2. The van der Waals surface area contributed by atoms with Crippen molar-refractivity contribution in [1.82, 2.24) is 9.55 Å². The lowest BCUT2D eigenvalue weighted by Crippen LogP contribution is -2.17. The van der Waals surface area contributed by atoms with E-state index in [0.29, 0.717) is 28.2 Å². The molecule has 0 atom stereocenters. The number of alkyl halides is 3. The van der Waals surface area contributed by atoms with Gasteiger partial charge in [0, 0.05) is 22.7 Å². The first-order valence-electron chi connectivity index (χ1n) is 14.8. The fourth-order valence-corrected chi connectivity index (χ4v) is 5.84. The van der Waals surface area contributed by atoms with Gasteiger partial charge in [-0.1, -0.05) is 43.5 Å². The van der Waals surface area contributed by atoms with Crippen molar-refractivity contribution in [2.75, 3.05) is 10.6 Å². The zero-order valence-corrected chi connectivity index (χ0v) is 24.5. The first-order valence-corrected chi connectivity index (χ1v) is 14.8. The van der Waals surface area contributed by atoms with E-state index < -0.39 is 29.5 Å². The number of nitrogens with zero attached hydrogens (tertiary/aromatic N) is 2. The van der Waals surface area contributed by atoms with E-state index in [1.54, 1.807) is 60.7 Å². The van der Waals surface area contributed by atoms with Crippen molar-refractivity contribution in [3.8, 4) is 11.4 Å². The van der Waals surface area contributed by atoms with Crippen LogP contribution < -0.4 is 10.6 Å². The van der Waals surface area contributed by atoms with E-state index in [9.17, 15) is 32.7 Å². The Kier molecular flexibility index (Phi) is 8.31. The van der Waals surface area contributed by atoms with Gasteiger partial charge in [-0.05, 0) is 79.6 Å². The molecule has 1 aliphatic carbocycles. The standard InChI is InChI=1S/C35H29F3N4O4/c36-35(37,38)25-16-13-21(14-17-25)32(43)40-27-11-4-5-12-28(27)41-33(44)23-8-6-7-22(19-23)31-39-29-20-24(34(45)46)15-18-30(29)42(31)26-9-2-1-3-10-26/h4-8,11-20,26H,1-3,9-10H2,(H,40,43)(H,41,44)(H,45,46). The molecule has 234 valence electrons. The quantitative estimate of drug-likeness (QED) is 0.168. The normalized spacial score (nSPS) is 13.8. The van der Waals surface area contributed by atoms with E-state index in [2.05, 4.69) is 15.2 Å². The maximum Gasteiger partial charge on any atom is 0.416 e. The molecule has 0 saturated heterocycles. The van der Waals surface area contributed by atoms with Crippen LogP contribution in [-0.2, 0) is 6.18 Å². The molecule has 4 aromatic carbocycles. The third kappa shape index (κ3) is 6.35. The molecule has 2 amide bonds. The minimum atomic E-state index is -4.52. The Morgan fingerprint density at radius 1 is 0.739 bits per heavy atom. The van der Waals surface area contributed by atoms with Crippen LogP contribution in [0.1, 0.15) is 74.8 Å². The van der Waals surface area contributed by atoms with Gasteiger partial charge in [0.25, 0.3) is 11.8 Å². The highest BCUT2D eigenvalue weighted by Crippen LogP contribution is 2.37. The van der Waals surface area contributed by atoms with Crippen molar-refractivity contribution in [2.24, 2.45) is 0 Å². The number of para-hydroxylation sites is 2. The summed E-state index contributed by atoms with van der Waals surface area (Å²) in [6.45, 7) is 0. The van der Waals surface area contributed by atoms with Crippen molar-refractivity contribution >= 4 is 40.2 Å². The molecule has 0 aliphatic heterocycles. The van der Waals surface area contributed by atoms with Crippen molar-refractivity contribution in [1.29, 1.82) is 0 Å². The molecule has 3 N–H and O–H groups in total. The Morgan fingerprint density at radius 3 is 2.00 bits per heavy atom. The summed E-state index contributed by atoms with van der Waals surface area (Å²) in [7, 11) is 0. The summed E-state index contributed by atoms with van der Waals surface area (Å²) in [5.74, 6) is -1.48. The van der Waals surface area contributed by atoms with Gasteiger partial charge in [0.1, 0.15) is 5.82 Å². The van der Waals surface area contributed by atoms with Crippen LogP contribution in [-0.4, -0.2) is 32.4 Å². The fraction of sp³-hybridized carbons (Fsp3) is 0.200. The minimum Gasteiger partial charge on any atom is -0.478 e. The minimum absolute atomic E-state index is 0.0261. The number of aromatic carboxylic acids is 1. The second-order valence-corrected chi connectivity index (χ2v) is 11.2. The van der Waals surface area contributed by atoms with Crippen LogP contribution in [0.5, 0.6) is 0 Å². The van der Waals surface area contributed by atoms with Crippen molar-refractivity contribution in [3.63, 3.8) is 0 Å². The van der Waals surface area contributed by atoms with Crippen LogP contribution in [0, 0.1) is 0 Å². The smallest absolute Gasteiger partial charge is 0.416 e. The molecular formula is C35H29F3N4O4. The van der Waals surface area contributed by atoms with Crippen LogP contribution in [0.15, 0.2) is 91.0 Å². The molecule has 0 bridgehead atoms. The summed E-state index contributed by atoms with van der Waals surface area (Å²) < 4.78 is 41.0. The maximum atomic E-state index is 13.5. The average molecular weight is 627 g/mol. The predicted molar refractivity (Wildman–Crippen MR) is 168 cm³/mol. The molecule has 1 aliphatic rings. The largest absolute Gasteiger partial charge is 0.478 e. The summed E-state index contributed by atoms with van der Waals surface area (Å²) in [5.41, 5.74) is 2.29. The maximum absolute atomic E-state index is 13.5. The number of hydrogen-bond donors (Lipinski definition) is 3. The molecule has 11 heteroatoms. The van der Waals surface area contributed by atoms with Crippen LogP contribution >= 0.6 is 0 Å². The summed E-state index contributed by atoms with van der Waals surface area (Å²) in [4.78, 5) is 42.8. The number of carbonyl (C=O) groups is 3. The number of halogens is 3. The summed E-state index contributed by atoms with van der Waals surface area (Å²) >= 11 is 0. The highest BCUT2D eigenvalue weighted by Gasteiger charge is 2.30. The van der Waals surface area contributed by atoms with E-state index in [1.165, 1.54) is 0 Å². The lowest BCUT2D eigenvalue weighted by molar-refractivity contribution is -0.137. The lowest BCUT2D eigenvalue weighted by Gasteiger charge is -2.25. The molecule has 46 heavy (non-hydrogen) atoms. The molecule has 8 nitrogen and oxygen atoms in total. The Balaban J connectivity index is 1.27. The predicted octanol–water partition coefficient (Wildman–Crippen LogP) is 8.43. The van der Waals surface area contributed by atoms with Gasteiger partial charge < -0.3 is 20.3 Å². The SMILES string of the molecule is O=C(O)c1ccc2c(c1)nc(-c1cccc(C(=O)Nc3ccccc3NC(=O)c3ccc(C(F)(F)F)cc3)c1)n2C1CCCCC1. The van der Waals surface area contributed by atoms with E-state index >= 15 is 0 Å². The molecular weight excluding hydrogens is 597 g/mol. The van der Waals surface area contributed by atoms with Gasteiger partial charge in [0.05, 0.1) is 33.5 Å². The van der Waals surface area contributed by atoms with Gasteiger partial charge in [-0.25, -0.2) is 9.78 Å². The van der Waals surface area contributed by atoms with Crippen molar-refractivity contribution < 1.29 is 32.7 Å². The van der Waals surface area contributed by atoms with Crippen LogP contribution in [0.25, 0.3) is 22.4 Å². The van der Waals surface area contributed by atoms with E-state index in [1.807, 2.05) is 6.07 Å². The van der Waals surface area contributed by atoms with E-state index in [0.717, 1.165) is 61.9 Å². The van der Waals surface area contributed by atoms with Gasteiger partial charge in [-0.3, -0.25) is 9.59 Å². The summed E-state index contributed by atoms with van der Waals surface area (Å²) in [6, 6.07) is 22.5. The Labute approximate surface area is 261 Å². The monoisotopic (exact) mass is 626 g/mol. The van der Waals surface area contributed by atoms with Gasteiger partial charge in [0.15, 0.2) is 0 Å². The zero-order chi connectivity index (χ0) is 32.4. The molecule has 1 heterocycles. The molecule has 0 radical (unpaired) electrons. The number of rotatable bonds is 7. The second kappa shape index (κ2) is 12.5. The highest BCUT2D eigenvalue weighted by molar-refractivity contribution is 6.10. The van der Waals surface area contributed by atoms with Crippen LogP contribution in [0.4, 0.5) is 24.5 Å². The Bertz CT molecular complexity index is 1940. The van der Waals surface area contributed by atoms with Gasteiger partial charge >= 0.3 is 12.1 Å². The zero-order valence-electron chi connectivity index (χ0n) is 24.5. The lowest BCUT2D eigenvalue weighted by atomic mass is 9.94. The van der Waals surface area contributed by atoms with Crippen molar-refractivity contribution in [2.45, 2.75) is 44.3 Å². The molecule has 5 aromatic rings. The second-order valence-electron chi connectivity index (χ2n) is 11.2. The number of carbonyl (C=O) groups excluding carboxylic acids is 2. The summed E-state index contributed by atoms with van der Waals surface area (Å²) in [6.07, 6.45) is 0.726. The number of carboxylic acids is 1. The highest BCUT2D eigenvalue weighted by atomic mass is 19.4. The molecule has 0 unspecified atom stereocenters. The Hall–Kier alpha value is -5.45. The van der Waals surface area contributed by atoms with Crippen LogP contribution in [0.2, 0.25) is 0 Å². The first-order chi connectivity index (χ1) is 22.1. The third-order valence-electron chi connectivity index (χ3n) is 8.16. The molecule has 1 fully saturated rings. The topological polar surface area (TPSA) is 113 Å². The summed E-state index contributed by atoms with van der Waals surface area (Å²) in [5, 5.41) is 15.0. The molecule has 1 saturated carbocycles. The third-order valence-corrected chi connectivity index (χ3v) is 8.16. The average Bonchev–Trinajstić information content (AvgIpc) is 3.45. The number of fused-ring (bicyclic) bond motifs is 1. The molecule has 6 rings (SSSR count). The number of imidazole rings is 1. The van der Waals surface area contributed by atoms with Gasteiger partial charge in [-0.15, -0.1) is 0 Å². The number of hydrogen-bond acceptors (Lipinski definition) is 4. The van der Waals surface area contributed by atoms with Crippen molar-refractivity contribution in [3.05, 3.63) is 113 Å². The molecule has 0 spiro atoms. The number of amides is 2. The van der Waals surface area contributed by atoms with E-state index in [4.69, 9.17) is 4.98 Å². The van der Waals surface area contributed by atoms with E-state index in [-0.39, 0.29) is 22.9 Å². The Morgan fingerprint density at radius 2 is 1.37 bits per heavy atom. The number of carboxylic acid groups (broad SMARTS) is 1. The molecule has 1 aromatic heterocycles. The van der Waals surface area contributed by atoms with Gasteiger partial charge in [0.2, 0.25) is 0 Å². The first kappa shape index (κ1) is 30.6. The number of aromatic nitrogens is 2. The number of anilines is 2. The van der Waals surface area contributed by atoms with Crippen LogP contribution in [0.3, 0.4) is 0 Å².